The number of nitriles is 1. The van der Waals surface area contributed by atoms with Gasteiger partial charge >= 0.3 is 0 Å². The Kier molecular flexibility index (Phi) is 3.76. The normalized spacial score (nSPS) is 14.1. The molecule has 3 heteroatoms. The van der Waals surface area contributed by atoms with Crippen molar-refractivity contribution in [1.82, 2.24) is 5.43 Å². The van der Waals surface area contributed by atoms with Crippen molar-refractivity contribution in [3.8, 4) is 6.07 Å². The number of aryl methyl sites for hydroxylation is 2. The Morgan fingerprint density at radius 2 is 1.45 bits per heavy atom. The summed E-state index contributed by atoms with van der Waals surface area (Å²) >= 11 is 0. The van der Waals surface area contributed by atoms with E-state index in [1.54, 1.807) is 0 Å². The van der Waals surface area contributed by atoms with Gasteiger partial charge in [0, 0.05) is 12.0 Å². The molecule has 0 saturated heterocycles. The van der Waals surface area contributed by atoms with Crippen LogP contribution in [0.4, 0.5) is 0 Å². The van der Waals surface area contributed by atoms with Gasteiger partial charge in [-0.05, 0) is 19.4 Å². The number of nitrogens with zero attached hydrogens (tertiary/aromatic N) is 2. The topological polar surface area (TPSA) is 48.2 Å². The lowest BCUT2D eigenvalue weighted by Gasteiger charge is -2.18. The molecule has 3 rings (SSSR count). The highest BCUT2D eigenvalue weighted by Crippen LogP contribution is 2.24. The number of benzene rings is 2. The molecule has 3 nitrogen and oxygen atoms in total. The van der Waals surface area contributed by atoms with Crippen LogP contribution >= 0.6 is 0 Å². The zero-order valence-corrected chi connectivity index (χ0v) is 12.7. The van der Waals surface area contributed by atoms with E-state index in [4.69, 9.17) is 0 Å². The SMILES string of the molecule is Cc1ccc(C2=NNC(c3ccc(C)cc3)=C(C#N)C2)cc1. The van der Waals surface area contributed by atoms with Crippen LogP contribution in [0.3, 0.4) is 0 Å². The third kappa shape index (κ3) is 2.77. The van der Waals surface area contributed by atoms with Crippen molar-refractivity contribution < 1.29 is 0 Å². The van der Waals surface area contributed by atoms with Gasteiger partial charge in [0.05, 0.1) is 23.1 Å². The van der Waals surface area contributed by atoms with Gasteiger partial charge < -0.3 is 0 Å². The standard InChI is InChI=1S/C19H17N3/c1-13-3-7-15(8-4-13)18-11-17(12-20)19(22-21-18)16-9-5-14(2)6-10-16/h3-10,22H,11H2,1-2H3. The van der Waals surface area contributed by atoms with Gasteiger partial charge in [-0.25, -0.2) is 0 Å². The first kappa shape index (κ1) is 14.1. The first-order valence-electron chi connectivity index (χ1n) is 7.27. The second-order valence-corrected chi connectivity index (χ2v) is 5.54. The summed E-state index contributed by atoms with van der Waals surface area (Å²) in [5.41, 5.74) is 9.93. The molecular formula is C19H17N3. The molecule has 0 bridgehead atoms. The average molecular weight is 287 g/mol. The molecule has 0 saturated carbocycles. The Balaban J connectivity index is 1.91. The van der Waals surface area contributed by atoms with E-state index in [-0.39, 0.29) is 0 Å². The van der Waals surface area contributed by atoms with Crippen molar-refractivity contribution in [3.05, 3.63) is 76.4 Å². The Morgan fingerprint density at radius 1 is 0.909 bits per heavy atom. The van der Waals surface area contributed by atoms with E-state index in [2.05, 4.69) is 35.7 Å². The summed E-state index contributed by atoms with van der Waals surface area (Å²) in [6, 6.07) is 18.6. The molecule has 0 aromatic heterocycles. The predicted octanol–water partition coefficient (Wildman–Crippen LogP) is 3.94. The Bertz CT molecular complexity index is 788. The average Bonchev–Trinajstić information content (AvgIpc) is 2.56. The smallest absolute Gasteiger partial charge is 0.0973 e. The minimum Gasteiger partial charge on any atom is -0.277 e. The van der Waals surface area contributed by atoms with Crippen LogP contribution in [0.1, 0.15) is 28.7 Å². The van der Waals surface area contributed by atoms with Gasteiger partial charge in [0.15, 0.2) is 0 Å². The number of hydrogen-bond acceptors (Lipinski definition) is 3. The lowest BCUT2D eigenvalue weighted by atomic mass is 9.97. The van der Waals surface area contributed by atoms with Gasteiger partial charge in [-0.3, -0.25) is 5.43 Å². The molecule has 0 spiro atoms. The van der Waals surface area contributed by atoms with E-state index in [9.17, 15) is 5.26 Å². The maximum Gasteiger partial charge on any atom is 0.0973 e. The summed E-state index contributed by atoms with van der Waals surface area (Å²) in [5, 5.41) is 13.9. The number of hydrazone groups is 1. The van der Waals surface area contributed by atoms with E-state index < -0.39 is 0 Å². The van der Waals surface area contributed by atoms with E-state index in [0.29, 0.717) is 6.42 Å². The molecule has 0 fully saturated rings. The van der Waals surface area contributed by atoms with Crippen LogP contribution in [0.5, 0.6) is 0 Å². The van der Waals surface area contributed by atoms with Gasteiger partial charge in [-0.2, -0.15) is 10.4 Å². The Morgan fingerprint density at radius 3 is 2.00 bits per heavy atom. The first-order valence-corrected chi connectivity index (χ1v) is 7.27. The lowest BCUT2D eigenvalue weighted by molar-refractivity contribution is 0.945. The molecule has 2 aromatic carbocycles. The van der Waals surface area contributed by atoms with Crippen molar-refractivity contribution in [2.75, 3.05) is 0 Å². The quantitative estimate of drug-likeness (QED) is 0.909. The van der Waals surface area contributed by atoms with Gasteiger partial charge in [0.2, 0.25) is 0 Å². The molecule has 0 amide bonds. The molecule has 1 N–H and O–H groups in total. The van der Waals surface area contributed by atoms with Crippen LogP contribution in [0, 0.1) is 25.2 Å². The summed E-state index contributed by atoms with van der Waals surface area (Å²) in [6.07, 6.45) is 0.551. The molecule has 0 atom stereocenters. The number of rotatable bonds is 2. The van der Waals surface area contributed by atoms with Gasteiger partial charge in [-0.15, -0.1) is 0 Å². The molecule has 0 radical (unpaired) electrons. The summed E-state index contributed by atoms with van der Waals surface area (Å²) in [7, 11) is 0. The maximum atomic E-state index is 9.48. The van der Waals surface area contributed by atoms with Crippen LogP contribution in [0.15, 0.2) is 59.2 Å². The van der Waals surface area contributed by atoms with Crippen molar-refractivity contribution in [2.45, 2.75) is 20.3 Å². The molecule has 108 valence electrons. The molecule has 1 aliphatic heterocycles. The lowest BCUT2D eigenvalue weighted by Crippen LogP contribution is -2.19. The first-order chi connectivity index (χ1) is 10.7. The molecule has 0 aliphatic carbocycles. The van der Waals surface area contributed by atoms with E-state index >= 15 is 0 Å². The molecule has 2 aromatic rings. The molecule has 22 heavy (non-hydrogen) atoms. The van der Waals surface area contributed by atoms with Gasteiger partial charge in [0.25, 0.3) is 0 Å². The monoisotopic (exact) mass is 287 g/mol. The highest BCUT2D eigenvalue weighted by atomic mass is 15.3. The highest BCUT2D eigenvalue weighted by molar-refractivity contribution is 6.04. The summed E-state index contributed by atoms with van der Waals surface area (Å²) in [5.74, 6) is 0. The van der Waals surface area contributed by atoms with Crippen LogP contribution < -0.4 is 5.43 Å². The third-order valence-corrected chi connectivity index (χ3v) is 3.81. The molecule has 1 heterocycles. The van der Waals surface area contributed by atoms with Crippen LogP contribution in [-0.4, -0.2) is 5.71 Å². The van der Waals surface area contributed by atoms with Crippen LogP contribution in [0.25, 0.3) is 5.70 Å². The molecule has 1 aliphatic rings. The van der Waals surface area contributed by atoms with E-state index in [0.717, 1.165) is 28.1 Å². The van der Waals surface area contributed by atoms with E-state index in [1.165, 1.54) is 11.1 Å². The zero-order chi connectivity index (χ0) is 15.5. The highest BCUT2D eigenvalue weighted by Gasteiger charge is 2.18. The van der Waals surface area contributed by atoms with Crippen LogP contribution in [-0.2, 0) is 0 Å². The summed E-state index contributed by atoms with van der Waals surface area (Å²) in [6.45, 7) is 4.10. The van der Waals surface area contributed by atoms with Crippen molar-refractivity contribution >= 4 is 11.4 Å². The minimum atomic E-state index is 0.551. The van der Waals surface area contributed by atoms with Crippen LogP contribution in [0.2, 0.25) is 0 Å². The Hall–Kier alpha value is -2.86. The minimum absolute atomic E-state index is 0.551. The second kappa shape index (κ2) is 5.87. The van der Waals surface area contributed by atoms with Gasteiger partial charge in [0.1, 0.15) is 0 Å². The number of nitrogens with one attached hydrogen (secondary N) is 1. The summed E-state index contributed by atoms with van der Waals surface area (Å²) in [4.78, 5) is 0. The van der Waals surface area contributed by atoms with Gasteiger partial charge in [-0.1, -0.05) is 59.7 Å². The number of allylic oxidation sites excluding steroid dienone is 1. The fourth-order valence-electron chi connectivity index (χ4n) is 2.45. The third-order valence-electron chi connectivity index (χ3n) is 3.81. The largest absolute Gasteiger partial charge is 0.277 e. The fraction of sp³-hybridized carbons (Fsp3) is 0.158. The zero-order valence-electron chi connectivity index (χ0n) is 12.7. The predicted molar refractivity (Wildman–Crippen MR) is 89.2 cm³/mol. The van der Waals surface area contributed by atoms with E-state index in [1.807, 2.05) is 43.3 Å². The second-order valence-electron chi connectivity index (χ2n) is 5.54. The fourth-order valence-corrected chi connectivity index (χ4v) is 2.45. The van der Waals surface area contributed by atoms with Crippen molar-refractivity contribution in [1.29, 1.82) is 5.26 Å². The van der Waals surface area contributed by atoms with Crippen molar-refractivity contribution in [3.63, 3.8) is 0 Å². The van der Waals surface area contributed by atoms with Crippen molar-refractivity contribution in [2.24, 2.45) is 5.10 Å². The molecular weight excluding hydrogens is 270 g/mol. The number of hydrogen-bond donors (Lipinski definition) is 1. The maximum absolute atomic E-state index is 9.48. The molecule has 0 unspecified atom stereocenters. The Labute approximate surface area is 130 Å². The summed E-state index contributed by atoms with van der Waals surface area (Å²) < 4.78 is 0.